The summed E-state index contributed by atoms with van der Waals surface area (Å²) in [5, 5.41) is 2.30. The van der Waals surface area contributed by atoms with Gasteiger partial charge in [0.1, 0.15) is 12.3 Å². The van der Waals surface area contributed by atoms with Crippen molar-refractivity contribution in [1.29, 1.82) is 0 Å². The van der Waals surface area contributed by atoms with E-state index in [0.717, 1.165) is 17.7 Å². The molecule has 1 saturated carbocycles. The zero-order valence-electron chi connectivity index (χ0n) is 15.4. The molecule has 29 heavy (non-hydrogen) atoms. The van der Waals surface area contributed by atoms with Crippen molar-refractivity contribution >= 4 is 29.4 Å². The number of alkyl halides is 2. The summed E-state index contributed by atoms with van der Waals surface area (Å²) in [6.07, 6.45) is 3.00. The van der Waals surface area contributed by atoms with E-state index in [0.29, 0.717) is 12.8 Å². The molecule has 1 aliphatic carbocycles. The zero-order valence-corrected chi connectivity index (χ0v) is 15.4. The van der Waals surface area contributed by atoms with E-state index in [2.05, 4.69) is 10.1 Å². The molecule has 1 saturated heterocycles. The normalized spacial score (nSPS) is 21.1. The van der Waals surface area contributed by atoms with Gasteiger partial charge in [-0.1, -0.05) is 25.0 Å². The van der Waals surface area contributed by atoms with Crippen LogP contribution in [0.1, 0.15) is 25.7 Å². The first-order chi connectivity index (χ1) is 13.9. The predicted octanol–water partition coefficient (Wildman–Crippen LogP) is 1.94. The molecule has 156 valence electrons. The van der Waals surface area contributed by atoms with Crippen molar-refractivity contribution in [3.05, 3.63) is 24.3 Å². The number of carbonyl (C=O) groups excluding carboxylic acids is 4. The maximum Gasteiger partial charge on any atom is 0.387 e. The van der Waals surface area contributed by atoms with Crippen LogP contribution in [-0.4, -0.2) is 48.4 Å². The quantitative estimate of drug-likeness (QED) is 0.545. The highest BCUT2D eigenvalue weighted by molar-refractivity contribution is 6.07. The Labute approximate surface area is 165 Å². The molecule has 1 aromatic rings. The van der Waals surface area contributed by atoms with Gasteiger partial charge in [-0.15, -0.1) is 0 Å². The van der Waals surface area contributed by atoms with Crippen LogP contribution >= 0.6 is 0 Å². The molecule has 0 aromatic heterocycles. The van der Waals surface area contributed by atoms with Crippen LogP contribution in [0.4, 0.5) is 14.5 Å². The molecule has 1 aliphatic heterocycles. The Morgan fingerprint density at radius 1 is 1.10 bits per heavy atom. The average Bonchev–Trinajstić information content (AvgIpc) is 2.93. The van der Waals surface area contributed by atoms with Crippen molar-refractivity contribution in [3.8, 4) is 5.75 Å². The van der Waals surface area contributed by atoms with Crippen molar-refractivity contribution in [1.82, 2.24) is 4.90 Å². The van der Waals surface area contributed by atoms with E-state index in [-0.39, 0.29) is 35.1 Å². The van der Waals surface area contributed by atoms with Crippen molar-refractivity contribution in [2.45, 2.75) is 32.3 Å². The molecule has 0 spiro atoms. The number of hydrogen-bond acceptors (Lipinski definition) is 6. The number of hydrogen-bond donors (Lipinski definition) is 1. The third-order valence-electron chi connectivity index (χ3n) is 4.96. The van der Waals surface area contributed by atoms with Gasteiger partial charge in [0.05, 0.1) is 17.5 Å². The van der Waals surface area contributed by atoms with Crippen molar-refractivity contribution < 1.29 is 37.4 Å². The fourth-order valence-electron chi connectivity index (χ4n) is 3.66. The molecule has 2 aliphatic rings. The number of imide groups is 1. The SMILES string of the molecule is O=C(COC(=O)CN1C(=O)C2CCCCC2C1=O)Nc1ccccc1OC(F)F. The van der Waals surface area contributed by atoms with E-state index < -0.39 is 31.6 Å². The number of rotatable bonds is 7. The summed E-state index contributed by atoms with van der Waals surface area (Å²) in [7, 11) is 0. The fraction of sp³-hybridized carbons (Fsp3) is 0.474. The van der Waals surface area contributed by atoms with Crippen LogP contribution in [0.3, 0.4) is 0 Å². The molecular weight excluding hydrogens is 390 g/mol. The fourth-order valence-corrected chi connectivity index (χ4v) is 3.66. The molecule has 2 fully saturated rings. The number of ether oxygens (including phenoxy) is 2. The number of nitrogens with zero attached hydrogens (tertiary/aromatic N) is 1. The lowest BCUT2D eigenvalue weighted by atomic mass is 9.81. The minimum absolute atomic E-state index is 0.0113. The summed E-state index contributed by atoms with van der Waals surface area (Å²) in [5.74, 6) is -3.43. The Morgan fingerprint density at radius 3 is 2.34 bits per heavy atom. The van der Waals surface area contributed by atoms with Gasteiger partial charge in [0, 0.05) is 0 Å². The number of fused-ring (bicyclic) bond motifs is 1. The lowest BCUT2D eigenvalue weighted by Crippen LogP contribution is -2.37. The van der Waals surface area contributed by atoms with Crippen molar-refractivity contribution in [3.63, 3.8) is 0 Å². The molecule has 10 heteroatoms. The van der Waals surface area contributed by atoms with Gasteiger partial charge in [0.15, 0.2) is 6.61 Å². The third kappa shape index (κ3) is 4.87. The predicted molar refractivity (Wildman–Crippen MR) is 94.8 cm³/mol. The Bertz CT molecular complexity index is 792. The van der Waals surface area contributed by atoms with Crippen LogP contribution in [0.15, 0.2) is 24.3 Å². The van der Waals surface area contributed by atoms with E-state index in [1.807, 2.05) is 0 Å². The number of carbonyl (C=O) groups is 4. The van der Waals surface area contributed by atoms with Gasteiger partial charge in [0.25, 0.3) is 5.91 Å². The second-order valence-electron chi connectivity index (χ2n) is 6.84. The highest BCUT2D eigenvalue weighted by atomic mass is 19.3. The number of halogens is 2. The van der Waals surface area contributed by atoms with Crippen LogP contribution in [0.25, 0.3) is 0 Å². The van der Waals surface area contributed by atoms with E-state index in [9.17, 15) is 28.0 Å². The molecular formula is C19H20F2N2O6. The van der Waals surface area contributed by atoms with E-state index in [1.54, 1.807) is 0 Å². The molecule has 0 radical (unpaired) electrons. The summed E-state index contributed by atoms with van der Waals surface area (Å²) in [5.41, 5.74) is -0.0113. The molecule has 1 N–H and O–H groups in total. The number of para-hydroxylation sites is 2. The summed E-state index contributed by atoms with van der Waals surface area (Å²) in [4.78, 5) is 49.5. The highest BCUT2D eigenvalue weighted by Gasteiger charge is 2.48. The van der Waals surface area contributed by atoms with Crippen LogP contribution < -0.4 is 10.1 Å². The van der Waals surface area contributed by atoms with Gasteiger partial charge in [-0.25, -0.2) is 0 Å². The molecule has 2 unspecified atom stereocenters. The number of amides is 3. The molecule has 3 amide bonds. The lowest BCUT2D eigenvalue weighted by molar-refractivity contribution is -0.154. The second kappa shape index (κ2) is 8.97. The molecule has 8 nitrogen and oxygen atoms in total. The van der Waals surface area contributed by atoms with Crippen LogP contribution in [0.2, 0.25) is 0 Å². The third-order valence-corrected chi connectivity index (χ3v) is 4.96. The van der Waals surface area contributed by atoms with E-state index in [4.69, 9.17) is 4.74 Å². The zero-order chi connectivity index (χ0) is 21.0. The number of likely N-dealkylation sites (tertiary alicyclic amines) is 1. The summed E-state index contributed by atoms with van der Waals surface area (Å²) in [6.45, 7) is -4.32. The first-order valence-electron chi connectivity index (χ1n) is 9.21. The van der Waals surface area contributed by atoms with Gasteiger partial charge in [-0.2, -0.15) is 8.78 Å². The first-order valence-corrected chi connectivity index (χ1v) is 9.21. The standard InChI is InChI=1S/C19H20F2N2O6/c20-19(21)29-14-8-4-3-7-13(14)22-15(24)10-28-16(25)9-23-17(26)11-5-1-2-6-12(11)18(23)27/h3-4,7-8,11-12,19H,1-2,5-6,9-10H2,(H,22,24). The monoisotopic (exact) mass is 410 g/mol. The van der Waals surface area contributed by atoms with Gasteiger partial charge < -0.3 is 14.8 Å². The largest absolute Gasteiger partial charge is 0.454 e. The van der Waals surface area contributed by atoms with Gasteiger partial charge in [-0.3, -0.25) is 24.1 Å². The lowest BCUT2D eigenvalue weighted by Gasteiger charge is -2.19. The second-order valence-corrected chi connectivity index (χ2v) is 6.84. The summed E-state index contributed by atoms with van der Waals surface area (Å²) < 4.78 is 33.9. The van der Waals surface area contributed by atoms with E-state index >= 15 is 0 Å². The first kappa shape index (κ1) is 20.7. The van der Waals surface area contributed by atoms with Crippen LogP contribution in [-0.2, 0) is 23.9 Å². The Morgan fingerprint density at radius 2 is 1.72 bits per heavy atom. The molecule has 1 heterocycles. The van der Waals surface area contributed by atoms with Gasteiger partial charge in [0.2, 0.25) is 11.8 Å². The maximum atomic E-state index is 12.4. The molecule has 0 bridgehead atoms. The number of benzene rings is 1. The number of nitrogens with one attached hydrogen (secondary N) is 1. The highest BCUT2D eigenvalue weighted by Crippen LogP contribution is 2.37. The molecule has 3 rings (SSSR count). The Balaban J connectivity index is 1.50. The van der Waals surface area contributed by atoms with Crippen molar-refractivity contribution in [2.75, 3.05) is 18.5 Å². The summed E-state index contributed by atoms with van der Waals surface area (Å²) in [6, 6.07) is 5.55. The molecule has 1 aromatic carbocycles. The topological polar surface area (TPSA) is 102 Å². The maximum absolute atomic E-state index is 12.4. The average molecular weight is 410 g/mol. The van der Waals surface area contributed by atoms with Crippen LogP contribution in [0.5, 0.6) is 5.75 Å². The summed E-state index contributed by atoms with van der Waals surface area (Å²) >= 11 is 0. The van der Waals surface area contributed by atoms with Crippen LogP contribution in [0, 0.1) is 11.8 Å². The van der Waals surface area contributed by atoms with Crippen molar-refractivity contribution in [2.24, 2.45) is 11.8 Å². The van der Waals surface area contributed by atoms with Gasteiger partial charge >= 0.3 is 12.6 Å². The smallest absolute Gasteiger partial charge is 0.387 e. The minimum Gasteiger partial charge on any atom is -0.454 e. The van der Waals surface area contributed by atoms with Gasteiger partial charge in [-0.05, 0) is 25.0 Å². The number of anilines is 1. The Kier molecular flexibility index (Phi) is 6.40. The molecule has 2 atom stereocenters. The van der Waals surface area contributed by atoms with E-state index in [1.165, 1.54) is 24.3 Å². The number of esters is 1. The Hall–Kier alpha value is -3.04. The minimum atomic E-state index is -3.06.